The Morgan fingerprint density at radius 1 is 1.36 bits per heavy atom. The van der Waals surface area contributed by atoms with Gasteiger partial charge in [-0.25, -0.2) is 0 Å². The van der Waals surface area contributed by atoms with Gasteiger partial charge in [0.05, 0.1) is 0 Å². The van der Waals surface area contributed by atoms with E-state index in [0.29, 0.717) is 12.2 Å². The molecular formula is C6H12N2O2S. The van der Waals surface area contributed by atoms with Crippen LogP contribution in [0, 0.1) is 5.92 Å². The molecule has 0 fully saturated rings. The second kappa shape index (κ2) is 5.01. The van der Waals surface area contributed by atoms with Gasteiger partial charge in [0.15, 0.2) is 0 Å². The number of rotatable bonds is 5. The molecule has 0 saturated heterocycles. The molecule has 0 aliphatic carbocycles. The summed E-state index contributed by atoms with van der Waals surface area (Å²) >= 11 is 3.90. The summed E-state index contributed by atoms with van der Waals surface area (Å²) in [5.41, 5.74) is 9.87. The van der Waals surface area contributed by atoms with E-state index in [0.717, 1.165) is 0 Å². The molecule has 0 rings (SSSR count). The Kier molecular flexibility index (Phi) is 4.69. The van der Waals surface area contributed by atoms with Crippen LogP contribution in [-0.2, 0) is 9.59 Å². The molecule has 5 heteroatoms. The first-order chi connectivity index (χ1) is 5.07. The molecule has 0 aromatic heterocycles. The lowest BCUT2D eigenvalue weighted by atomic mass is 10.1. The molecule has 0 aromatic rings. The van der Waals surface area contributed by atoms with Crippen LogP contribution in [-0.4, -0.2) is 17.6 Å². The first kappa shape index (κ1) is 10.3. The molecule has 1 atom stereocenters. The molecular weight excluding hydrogens is 164 g/mol. The van der Waals surface area contributed by atoms with E-state index in [-0.39, 0.29) is 12.3 Å². The summed E-state index contributed by atoms with van der Waals surface area (Å²) in [6, 6.07) is 0. The molecule has 0 heterocycles. The fourth-order valence-electron chi connectivity index (χ4n) is 0.640. The first-order valence-corrected chi connectivity index (χ1v) is 3.89. The maximum Gasteiger partial charge on any atom is 0.221 e. The van der Waals surface area contributed by atoms with Gasteiger partial charge >= 0.3 is 0 Å². The number of carbonyl (C=O) groups is 2. The summed E-state index contributed by atoms with van der Waals surface area (Å²) in [6.45, 7) is 0. The largest absolute Gasteiger partial charge is 0.370 e. The second-order valence-electron chi connectivity index (χ2n) is 2.29. The number of nitrogens with two attached hydrogens (primary N) is 2. The zero-order chi connectivity index (χ0) is 8.85. The summed E-state index contributed by atoms with van der Waals surface area (Å²) in [5, 5.41) is 0. The fraction of sp³-hybridized carbons (Fsp3) is 0.667. The zero-order valence-corrected chi connectivity index (χ0v) is 7.01. The minimum Gasteiger partial charge on any atom is -0.370 e. The molecule has 0 aliphatic heterocycles. The molecule has 64 valence electrons. The molecule has 1 unspecified atom stereocenters. The van der Waals surface area contributed by atoms with E-state index in [4.69, 9.17) is 11.5 Å². The highest BCUT2D eigenvalue weighted by atomic mass is 32.1. The smallest absolute Gasteiger partial charge is 0.221 e. The molecule has 0 aromatic carbocycles. The van der Waals surface area contributed by atoms with Crippen molar-refractivity contribution in [2.75, 3.05) is 5.75 Å². The van der Waals surface area contributed by atoms with Crippen LogP contribution in [0.25, 0.3) is 0 Å². The van der Waals surface area contributed by atoms with Crippen molar-refractivity contribution in [3.05, 3.63) is 0 Å². The lowest BCUT2D eigenvalue weighted by Crippen LogP contribution is -2.26. The van der Waals surface area contributed by atoms with Crippen LogP contribution in [0.1, 0.15) is 12.8 Å². The Morgan fingerprint density at radius 3 is 2.18 bits per heavy atom. The van der Waals surface area contributed by atoms with Gasteiger partial charge in [-0.15, -0.1) is 0 Å². The summed E-state index contributed by atoms with van der Waals surface area (Å²) in [4.78, 5) is 20.9. The van der Waals surface area contributed by atoms with E-state index in [9.17, 15) is 9.59 Å². The van der Waals surface area contributed by atoms with Crippen molar-refractivity contribution in [2.24, 2.45) is 17.4 Å². The predicted octanol–water partition coefficient (Wildman–Crippen LogP) is -0.717. The highest BCUT2D eigenvalue weighted by Gasteiger charge is 2.13. The third-order valence-corrected chi connectivity index (χ3v) is 1.80. The average Bonchev–Trinajstić information content (AvgIpc) is 1.87. The summed E-state index contributed by atoms with van der Waals surface area (Å²) in [5.74, 6) is -0.826. The summed E-state index contributed by atoms with van der Waals surface area (Å²) in [7, 11) is 0. The van der Waals surface area contributed by atoms with E-state index in [1.165, 1.54) is 0 Å². The van der Waals surface area contributed by atoms with Crippen molar-refractivity contribution in [2.45, 2.75) is 12.8 Å². The van der Waals surface area contributed by atoms with Gasteiger partial charge in [-0.1, -0.05) is 0 Å². The Bertz CT molecular complexity index is 161. The fourth-order valence-corrected chi connectivity index (χ4v) is 1.00. The van der Waals surface area contributed by atoms with Crippen LogP contribution in [0.2, 0.25) is 0 Å². The van der Waals surface area contributed by atoms with E-state index < -0.39 is 11.8 Å². The highest BCUT2D eigenvalue weighted by molar-refractivity contribution is 7.80. The monoisotopic (exact) mass is 176 g/mol. The average molecular weight is 176 g/mol. The highest BCUT2D eigenvalue weighted by Crippen LogP contribution is 2.06. The number of primary amides is 2. The maximum absolute atomic E-state index is 10.6. The topological polar surface area (TPSA) is 86.2 Å². The van der Waals surface area contributed by atoms with Crippen LogP contribution in [0.3, 0.4) is 0 Å². The van der Waals surface area contributed by atoms with Gasteiger partial charge in [-0.2, -0.15) is 12.6 Å². The normalized spacial score (nSPS) is 12.5. The second-order valence-corrected chi connectivity index (χ2v) is 2.65. The predicted molar refractivity (Wildman–Crippen MR) is 45.0 cm³/mol. The van der Waals surface area contributed by atoms with E-state index in [1.54, 1.807) is 0 Å². The van der Waals surface area contributed by atoms with Crippen LogP contribution < -0.4 is 11.5 Å². The van der Waals surface area contributed by atoms with Crippen LogP contribution in [0.5, 0.6) is 0 Å². The minimum absolute atomic E-state index is 0.189. The number of thiol groups is 1. The molecule has 0 bridgehead atoms. The Morgan fingerprint density at radius 2 is 1.91 bits per heavy atom. The van der Waals surface area contributed by atoms with Gasteiger partial charge in [0.1, 0.15) is 0 Å². The van der Waals surface area contributed by atoms with Crippen molar-refractivity contribution in [1.82, 2.24) is 0 Å². The lowest BCUT2D eigenvalue weighted by molar-refractivity contribution is -0.122. The third kappa shape index (κ3) is 4.66. The molecule has 4 nitrogen and oxygen atoms in total. The van der Waals surface area contributed by atoms with E-state index in [2.05, 4.69) is 12.6 Å². The molecule has 0 aliphatic rings. The van der Waals surface area contributed by atoms with Crippen molar-refractivity contribution in [3.63, 3.8) is 0 Å². The van der Waals surface area contributed by atoms with Crippen LogP contribution in [0.15, 0.2) is 0 Å². The molecule has 0 spiro atoms. The van der Waals surface area contributed by atoms with Gasteiger partial charge in [-0.3, -0.25) is 9.59 Å². The van der Waals surface area contributed by atoms with Crippen molar-refractivity contribution in [3.8, 4) is 0 Å². The SMILES string of the molecule is NC(=O)CCC(CS)C(N)=O. The number of hydrogen-bond donors (Lipinski definition) is 3. The van der Waals surface area contributed by atoms with Gasteiger partial charge in [0.25, 0.3) is 0 Å². The van der Waals surface area contributed by atoms with Crippen molar-refractivity contribution < 1.29 is 9.59 Å². The maximum atomic E-state index is 10.6. The first-order valence-electron chi connectivity index (χ1n) is 3.26. The lowest BCUT2D eigenvalue weighted by Gasteiger charge is -2.07. The number of amides is 2. The molecule has 11 heavy (non-hydrogen) atoms. The van der Waals surface area contributed by atoms with E-state index >= 15 is 0 Å². The van der Waals surface area contributed by atoms with Crippen LogP contribution >= 0.6 is 12.6 Å². The molecule has 2 amide bonds. The van der Waals surface area contributed by atoms with Crippen molar-refractivity contribution >= 4 is 24.4 Å². The Balaban J connectivity index is 3.70. The minimum atomic E-state index is -0.429. The summed E-state index contributed by atoms with van der Waals surface area (Å²) in [6.07, 6.45) is 0.586. The van der Waals surface area contributed by atoms with Gasteiger partial charge in [0, 0.05) is 18.1 Å². The van der Waals surface area contributed by atoms with Gasteiger partial charge < -0.3 is 11.5 Å². The Labute approximate surface area is 70.7 Å². The quantitative estimate of drug-likeness (QED) is 0.483. The Hall–Kier alpha value is -0.710. The number of hydrogen-bond acceptors (Lipinski definition) is 3. The van der Waals surface area contributed by atoms with E-state index in [1.807, 2.05) is 0 Å². The van der Waals surface area contributed by atoms with Crippen molar-refractivity contribution in [1.29, 1.82) is 0 Å². The number of carbonyl (C=O) groups excluding carboxylic acids is 2. The molecule has 4 N–H and O–H groups in total. The summed E-state index contributed by atoms with van der Waals surface area (Å²) < 4.78 is 0. The zero-order valence-electron chi connectivity index (χ0n) is 6.12. The standard InChI is InChI=1S/C6H12N2O2S/c7-5(9)2-1-4(3-11)6(8)10/h4,11H,1-3H2,(H2,7,9)(H2,8,10). The van der Waals surface area contributed by atoms with Crippen LogP contribution in [0.4, 0.5) is 0 Å². The third-order valence-electron chi connectivity index (χ3n) is 1.36. The molecule has 0 saturated carbocycles. The molecule has 0 radical (unpaired) electrons. The van der Waals surface area contributed by atoms with Gasteiger partial charge in [0.2, 0.25) is 11.8 Å². The van der Waals surface area contributed by atoms with Gasteiger partial charge in [-0.05, 0) is 6.42 Å².